The normalized spacial score (nSPS) is 12.8. The second-order valence-electron chi connectivity index (χ2n) is 6.71. The average molecular weight is 391 g/mol. The number of hydrogen-bond donors (Lipinski definition) is 2. The van der Waals surface area contributed by atoms with E-state index in [0.29, 0.717) is 5.69 Å². The molecule has 2 heterocycles. The van der Waals surface area contributed by atoms with Gasteiger partial charge in [0.25, 0.3) is 0 Å². The molecule has 1 unspecified atom stereocenters. The van der Waals surface area contributed by atoms with Crippen molar-refractivity contribution in [1.82, 2.24) is 4.98 Å². The molecule has 0 amide bonds. The van der Waals surface area contributed by atoms with E-state index in [1.165, 1.54) is 0 Å². The number of nitrogens with zero attached hydrogens (tertiary/aromatic N) is 2. The smallest absolute Gasteiger partial charge is 0.324 e. The molecule has 5 nitrogen and oxygen atoms in total. The van der Waals surface area contributed by atoms with Crippen molar-refractivity contribution in [3.8, 4) is 16.8 Å². The van der Waals surface area contributed by atoms with Crippen molar-refractivity contribution < 1.29 is 18.9 Å². The molecule has 4 rings (SSSR count). The molecule has 28 heavy (non-hydrogen) atoms. The van der Waals surface area contributed by atoms with Gasteiger partial charge in [-0.15, -0.1) is 0 Å². The first-order chi connectivity index (χ1) is 13.4. The van der Waals surface area contributed by atoms with E-state index in [0.717, 1.165) is 27.6 Å². The molecule has 0 aliphatic carbocycles. The molecule has 0 fully saturated rings. The molecule has 140 valence electrons. The van der Waals surface area contributed by atoms with E-state index in [9.17, 15) is 14.4 Å². The highest BCUT2D eigenvalue weighted by molar-refractivity contribution is 7.52. The fourth-order valence-electron chi connectivity index (χ4n) is 3.37. The van der Waals surface area contributed by atoms with E-state index in [1.54, 1.807) is 19.3 Å². The Kier molecular flexibility index (Phi) is 4.82. The van der Waals surface area contributed by atoms with Gasteiger partial charge in [0, 0.05) is 30.6 Å². The maximum absolute atomic E-state index is 12.1. The summed E-state index contributed by atoms with van der Waals surface area (Å²) in [4.78, 5) is 23.8. The van der Waals surface area contributed by atoms with Crippen LogP contribution in [0.4, 0.5) is 0 Å². The largest absolute Gasteiger partial charge is 0.338 e. The van der Waals surface area contributed by atoms with Crippen LogP contribution in [-0.4, -0.2) is 14.8 Å². The zero-order valence-corrected chi connectivity index (χ0v) is 16.2. The summed E-state index contributed by atoms with van der Waals surface area (Å²) >= 11 is 0. The maximum atomic E-state index is 12.1. The molecule has 0 aliphatic heterocycles. The van der Waals surface area contributed by atoms with E-state index >= 15 is 0 Å². The molecule has 2 aromatic carbocycles. The van der Waals surface area contributed by atoms with Crippen molar-refractivity contribution in [2.75, 3.05) is 0 Å². The van der Waals surface area contributed by atoms with Crippen LogP contribution in [0.5, 0.6) is 0 Å². The highest BCUT2D eigenvalue weighted by Gasteiger charge is 2.34. The van der Waals surface area contributed by atoms with Gasteiger partial charge in [-0.05, 0) is 41.6 Å². The quantitative estimate of drug-likeness (QED) is 0.399. The van der Waals surface area contributed by atoms with E-state index < -0.39 is 13.3 Å². The van der Waals surface area contributed by atoms with E-state index in [4.69, 9.17) is 0 Å². The van der Waals surface area contributed by atoms with Crippen LogP contribution in [-0.2, 0) is 4.57 Å². The summed E-state index contributed by atoms with van der Waals surface area (Å²) in [5, 5.41) is 2.09. The Hall–Kier alpha value is -2.85. The molecule has 1 atom stereocenters. The minimum absolute atomic E-state index is 0.555. The molecule has 0 saturated carbocycles. The second kappa shape index (κ2) is 7.28. The van der Waals surface area contributed by atoms with Crippen LogP contribution in [0, 0.1) is 0 Å². The molecular weight excluding hydrogens is 371 g/mol. The molecular formula is C22H20N2O3P+. The molecule has 0 aliphatic rings. The van der Waals surface area contributed by atoms with Gasteiger partial charge in [-0.25, -0.2) is 0 Å². The highest BCUT2D eigenvalue weighted by Crippen LogP contribution is 2.51. The fourth-order valence-corrected chi connectivity index (χ4v) is 3.92. The number of hydrogen-bond acceptors (Lipinski definition) is 2. The monoisotopic (exact) mass is 391 g/mol. The fraction of sp³-hybridized carbons (Fsp3) is 0.0909. The van der Waals surface area contributed by atoms with E-state index in [-0.39, 0.29) is 0 Å². The number of aromatic nitrogens is 2. The summed E-state index contributed by atoms with van der Waals surface area (Å²) in [7, 11) is -4.33. The van der Waals surface area contributed by atoms with Crippen molar-refractivity contribution in [2.24, 2.45) is 0 Å². The first kappa shape index (κ1) is 18.5. The number of pyridine rings is 2. The van der Waals surface area contributed by atoms with Crippen LogP contribution in [0.2, 0.25) is 0 Å². The minimum atomic E-state index is -4.33. The maximum Gasteiger partial charge on any atom is 0.338 e. The van der Waals surface area contributed by atoms with Gasteiger partial charge in [0.05, 0.1) is 5.39 Å². The summed E-state index contributed by atoms with van der Waals surface area (Å²) < 4.78 is 14.0. The molecule has 0 bridgehead atoms. The zero-order valence-electron chi connectivity index (χ0n) is 15.3. The summed E-state index contributed by atoms with van der Waals surface area (Å²) in [6.07, 6.45) is 5.28. The Bertz CT molecular complexity index is 1180. The zero-order chi connectivity index (χ0) is 19.7. The van der Waals surface area contributed by atoms with Crippen LogP contribution in [0.15, 0.2) is 85.3 Å². The molecule has 2 N–H and O–H groups in total. The van der Waals surface area contributed by atoms with Gasteiger partial charge in [0.2, 0.25) is 11.4 Å². The Morgan fingerprint density at radius 2 is 1.64 bits per heavy atom. The predicted molar refractivity (Wildman–Crippen MR) is 109 cm³/mol. The van der Waals surface area contributed by atoms with Gasteiger partial charge in [-0.1, -0.05) is 30.3 Å². The molecule has 2 aromatic heterocycles. The summed E-state index contributed by atoms with van der Waals surface area (Å²) in [6.45, 7) is 1.56. The SMILES string of the molecule is CC(c1cc(-c2ccncc2)cc[n+]1-c1cccc2ccccc12)P(=O)(O)O. The second-order valence-corrected chi connectivity index (χ2v) is 8.66. The van der Waals surface area contributed by atoms with E-state index in [2.05, 4.69) is 4.98 Å². The van der Waals surface area contributed by atoms with Gasteiger partial charge in [0.1, 0.15) is 5.66 Å². The molecule has 4 aromatic rings. The Morgan fingerprint density at radius 3 is 2.39 bits per heavy atom. The van der Waals surface area contributed by atoms with Crippen molar-refractivity contribution in [2.45, 2.75) is 12.6 Å². The van der Waals surface area contributed by atoms with Crippen molar-refractivity contribution in [1.29, 1.82) is 0 Å². The summed E-state index contributed by atoms with van der Waals surface area (Å²) in [5.74, 6) is 0. The first-order valence-corrected chi connectivity index (χ1v) is 10.6. The molecule has 0 saturated heterocycles. The van der Waals surface area contributed by atoms with Gasteiger partial charge in [0.15, 0.2) is 6.20 Å². The molecule has 0 radical (unpaired) electrons. The lowest BCUT2D eigenvalue weighted by Crippen LogP contribution is -2.36. The summed E-state index contributed by atoms with van der Waals surface area (Å²) in [6, 6.07) is 21.5. The highest BCUT2D eigenvalue weighted by atomic mass is 31.2. The van der Waals surface area contributed by atoms with Gasteiger partial charge in [-0.3, -0.25) is 9.55 Å². The lowest BCUT2D eigenvalue weighted by atomic mass is 10.0. The third-order valence-corrected chi connectivity index (χ3v) is 6.23. The van der Waals surface area contributed by atoms with Crippen molar-refractivity contribution in [3.63, 3.8) is 0 Å². The Labute approximate surface area is 163 Å². The van der Waals surface area contributed by atoms with Gasteiger partial charge in [-0.2, -0.15) is 4.57 Å². The Balaban J connectivity index is 1.97. The lowest BCUT2D eigenvalue weighted by Gasteiger charge is -2.14. The third kappa shape index (κ3) is 3.48. The molecule has 0 spiro atoms. The number of fused-ring (bicyclic) bond motifs is 1. The Morgan fingerprint density at radius 1 is 0.929 bits per heavy atom. The number of rotatable bonds is 4. The van der Waals surface area contributed by atoms with Crippen molar-refractivity contribution >= 4 is 18.4 Å². The lowest BCUT2D eigenvalue weighted by molar-refractivity contribution is -0.603. The van der Waals surface area contributed by atoms with Gasteiger partial charge >= 0.3 is 7.60 Å². The van der Waals surface area contributed by atoms with Crippen LogP contribution < -0.4 is 4.57 Å². The topological polar surface area (TPSA) is 74.3 Å². The third-order valence-electron chi connectivity index (χ3n) is 4.96. The predicted octanol–water partition coefficient (Wildman–Crippen LogP) is 4.42. The molecule has 6 heteroatoms. The van der Waals surface area contributed by atoms with E-state index in [1.807, 2.05) is 77.5 Å². The minimum Gasteiger partial charge on any atom is -0.324 e. The number of benzene rings is 2. The summed E-state index contributed by atoms with van der Waals surface area (Å²) in [5.41, 5.74) is 2.32. The average Bonchev–Trinajstić information content (AvgIpc) is 2.72. The van der Waals surface area contributed by atoms with Crippen LogP contribution in [0.25, 0.3) is 27.6 Å². The van der Waals surface area contributed by atoms with Crippen LogP contribution >= 0.6 is 7.60 Å². The van der Waals surface area contributed by atoms with Gasteiger partial charge < -0.3 is 9.79 Å². The van der Waals surface area contributed by atoms with Crippen molar-refractivity contribution in [3.05, 3.63) is 91.0 Å². The standard InChI is InChI=1S/C22H19N2O3P/c1-16(28(25,26)27)22-15-19(17-9-12-23-13-10-17)11-14-24(22)21-8-4-6-18-5-2-3-7-20(18)21/h2-16H,1H3,(H-,25,26,27)/p+1. The first-order valence-electron chi connectivity index (χ1n) is 8.94. The van der Waals surface area contributed by atoms with Crippen LogP contribution in [0.3, 0.4) is 0 Å². The van der Waals surface area contributed by atoms with Crippen LogP contribution in [0.1, 0.15) is 18.3 Å².